The Kier molecular flexibility index (Phi) is 4.26. The highest BCUT2D eigenvalue weighted by Crippen LogP contribution is 2.24. The molecule has 1 N–H and O–H groups in total. The van der Waals surface area contributed by atoms with Gasteiger partial charge in [0.2, 0.25) is 5.91 Å². The van der Waals surface area contributed by atoms with Crippen LogP contribution in [0.3, 0.4) is 0 Å². The maximum Gasteiger partial charge on any atom is 0.338 e. The minimum Gasteiger partial charge on any atom is -0.454 e. The van der Waals surface area contributed by atoms with Crippen molar-refractivity contribution in [1.29, 1.82) is 0 Å². The van der Waals surface area contributed by atoms with Crippen LogP contribution in [-0.2, 0) is 33.9 Å². The Bertz CT molecular complexity index is 918. The molecule has 6 heteroatoms. The summed E-state index contributed by atoms with van der Waals surface area (Å²) >= 11 is 0. The molecule has 0 unspecified atom stereocenters. The van der Waals surface area contributed by atoms with Gasteiger partial charge in [0.25, 0.3) is 0 Å². The minimum absolute atomic E-state index is 0.0229. The van der Waals surface area contributed by atoms with Gasteiger partial charge in [-0.2, -0.15) is 0 Å². The van der Waals surface area contributed by atoms with Crippen molar-refractivity contribution in [1.82, 2.24) is 0 Å². The Morgan fingerprint density at radius 3 is 2.62 bits per heavy atom. The fraction of sp³-hybridized carbons (Fsp3) is 0.250. The van der Waals surface area contributed by atoms with Gasteiger partial charge in [-0.15, -0.1) is 0 Å². The maximum absolute atomic E-state index is 12.3. The van der Waals surface area contributed by atoms with E-state index in [9.17, 15) is 14.4 Å². The summed E-state index contributed by atoms with van der Waals surface area (Å²) in [6.07, 6.45) is 1.00. The number of esters is 1. The lowest BCUT2D eigenvalue weighted by Crippen LogP contribution is -2.20. The molecule has 0 radical (unpaired) electrons. The quantitative estimate of drug-likeness (QED) is 0.676. The van der Waals surface area contributed by atoms with E-state index in [1.807, 2.05) is 6.07 Å². The number of carbonyl (C=O) groups is 3. The zero-order chi connectivity index (χ0) is 18.1. The monoisotopic (exact) mass is 351 g/mol. The van der Waals surface area contributed by atoms with E-state index in [0.717, 1.165) is 22.4 Å². The van der Waals surface area contributed by atoms with Gasteiger partial charge in [-0.1, -0.05) is 6.07 Å². The number of carbonyl (C=O) groups excluding carboxylic acids is 3. The molecular weight excluding hydrogens is 334 g/mol. The van der Waals surface area contributed by atoms with Crippen LogP contribution < -0.4 is 5.32 Å². The number of nitrogens with one attached hydrogen (secondary N) is 1. The molecule has 132 valence electrons. The van der Waals surface area contributed by atoms with Crippen molar-refractivity contribution >= 4 is 23.3 Å². The number of amides is 1. The molecule has 0 saturated heterocycles. The average molecular weight is 351 g/mol. The highest BCUT2D eigenvalue weighted by atomic mass is 16.5. The second-order valence-corrected chi connectivity index (χ2v) is 6.40. The van der Waals surface area contributed by atoms with Crippen molar-refractivity contribution in [2.45, 2.75) is 26.1 Å². The highest BCUT2D eigenvalue weighted by molar-refractivity contribution is 6.01. The van der Waals surface area contributed by atoms with Gasteiger partial charge in [0.05, 0.1) is 18.8 Å². The predicted molar refractivity (Wildman–Crippen MR) is 92.9 cm³/mol. The molecule has 0 spiro atoms. The largest absolute Gasteiger partial charge is 0.454 e. The van der Waals surface area contributed by atoms with E-state index in [2.05, 4.69) is 5.32 Å². The molecule has 26 heavy (non-hydrogen) atoms. The Morgan fingerprint density at radius 1 is 0.962 bits per heavy atom. The van der Waals surface area contributed by atoms with E-state index >= 15 is 0 Å². The fourth-order valence-electron chi connectivity index (χ4n) is 3.15. The van der Waals surface area contributed by atoms with Crippen LogP contribution in [0.15, 0.2) is 36.4 Å². The number of rotatable bonds is 4. The van der Waals surface area contributed by atoms with Crippen molar-refractivity contribution in [3.8, 4) is 0 Å². The zero-order valence-electron chi connectivity index (χ0n) is 14.0. The van der Waals surface area contributed by atoms with E-state index in [4.69, 9.17) is 9.47 Å². The molecule has 2 aromatic carbocycles. The third-order valence-corrected chi connectivity index (χ3v) is 4.61. The number of ether oxygens (including phenoxy) is 2. The number of anilines is 1. The molecule has 0 bridgehead atoms. The predicted octanol–water partition coefficient (Wildman–Crippen LogP) is 2.64. The normalized spacial score (nSPS) is 15.0. The van der Waals surface area contributed by atoms with Crippen LogP contribution in [0.25, 0.3) is 0 Å². The average Bonchev–Trinajstić information content (AvgIpc) is 3.13. The topological polar surface area (TPSA) is 81.7 Å². The number of ketones is 1. The number of benzene rings is 2. The van der Waals surface area contributed by atoms with Gasteiger partial charge in [0, 0.05) is 17.7 Å². The Morgan fingerprint density at radius 2 is 1.73 bits per heavy atom. The lowest BCUT2D eigenvalue weighted by atomic mass is 9.99. The summed E-state index contributed by atoms with van der Waals surface area (Å²) in [7, 11) is 0. The molecule has 0 aromatic heterocycles. The summed E-state index contributed by atoms with van der Waals surface area (Å²) < 4.78 is 10.5. The van der Waals surface area contributed by atoms with Crippen LogP contribution >= 0.6 is 0 Å². The van der Waals surface area contributed by atoms with E-state index in [1.54, 1.807) is 30.3 Å². The number of aryl methyl sites for hydroxylation is 1. The molecule has 6 nitrogen and oxygen atoms in total. The van der Waals surface area contributed by atoms with Crippen LogP contribution in [0.1, 0.15) is 43.8 Å². The summed E-state index contributed by atoms with van der Waals surface area (Å²) in [4.78, 5) is 35.9. The van der Waals surface area contributed by atoms with E-state index in [1.165, 1.54) is 0 Å². The molecular formula is C20H17NO5. The summed E-state index contributed by atoms with van der Waals surface area (Å²) in [6, 6.07) is 10.4. The van der Waals surface area contributed by atoms with Gasteiger partial charge in [-0.25, -0.2) is 4.79 Å². The Balaban J connectivity index is 1.41. The van der Waals surface area contributed by atoms with Crippen LogP contribution in [0.4, 0.5) is 5.69 Å². The van der Waals surface area contributed by atoms with E-state index in [-0.39, 0.29) is 18.3 Å². The smallest absolute Gasteiger partial charge is 0.338 e. The molecule has 1 amide bonds. The first-order valence-electron chi connectivity index (χ1n) is 8.43. The molecule has 2 aliphatic heterocycles. The van der Waals surface area contributed by atoms with Gasteiger partial charge < -0.3 is 14.8 Å². The molecule has 0 aliphatic carbocycles. The number of Topliss-reactive ketones (excluding diaryl/α,β-unsaturated/α-hetero) is 1. The standard InChI is InChI=1S/C20H17NO5/c22-18(13-3-5-17-12(7-13)4-6-19(23)21-17)11-26-20(24)14-1-2-15-9-25-10-16(15)8-14/h1-3,5,7-8H,4,6,9-11H2,(H,21,23). The van der Waals surface area contributed by atoms with Crippen LogP contribution in [0.2, 0.25) is 0 Å². The van der Waals surface area contributed by atoms with Gasteiger partial charge >= 0.3 is 5.97 Å². The summed E-state index contributed by atoms with van der Waals surface area (Å²) in [6.45, 7) is 0.723. The summed E-state index contributed by atoms with van der Waals surface area (Å²) in [5, 5.41) is 2.77. The zero-order valence-corrected chi connectivity index (χ0v) is 14.0. The van der Waals surface area contributed by atoms with E-state index < -0.39 is 5.97 Å². The SMILES string of the molecule is O=C1CCc2cc(C(=O)COC(=O)c3ccc4c(c3)COC4)ccc2N1. The third kappa shape index (κ3) is 3.23. The molecule has 2 aromatic rings. The first-order chi connectivity index (χ1) is 12.6. The van der Waals surface area contributed by atoms with Crippen molar-refractivity contribution < 1.29 is 23.9 Å². The minimum atomic E-state index is -0.529. The second-order valence-electron chi connectivity index (χ2n) is 6.40. The van der Waals surface area contributed by atoms with Crippen molar-refractivity contribution in [2.75, 3.05) is 11.9 Å². The fourth-order valence-corrected chi connectivity index (χ4v) is 3.15. The Hall–Kier alpha value is -2.99. The van der Waals surface area contributed by atoms with Crippen LogP contribution in [0.5, 0.6) is 0 Å². The van der Waals surface area contributed by atoms with Gasteiger partial charge in [-0.05, 0) is 53.4 Å². The van der Waals surface area contributed by atoms with Crippen LogP contribution in [0, 0.1) is 0 Å². The van der Waals surface area contributed by atoms with Crippen molar-refractivity contribution in [3.63, 3.8) is 0 Å². The first-order valence-corrected chi connectivity index (χ1v) is 8.43. The molecule has 0 atom stereocenters. The molecule has 4 rings (SSSR count). The van der Waals surface area contributed by atoms with Crippen molar-refractivity contribution in [3.05, 3.63) is 64.2 Å². The number of hydrogen-bond acceptors (Lipinski definition) is 5. The Labute approximate surface area is 150 Å². The molecule has 2 heterocycles. The summed E-state index contributed by atoms with van der Waals surface area (Å²) in [5.41, 5.74) is 4.57. The van der Waals surface area contributed by atoms with Gasteiger partial charge in [0.1, 0.15) is 0 Å². The number of hydrogen-bond donors (Lipinski definition) is 1. The van der Waals surface area contributed by atoms with E-state index in [0.29, 0.717) is 37.2 Å². The third-order valence-electron chi connectivity index (χ3n) is 4.61. The van der Waals surface area contributed by atoms with Gasteiger partial charge in [-0.3, -0.25) is 9.59 Å². The maximum atomic E-state index is 12.3. The second kappa shape index (κ2) is 6.72. The summed E-state index contributed by atoms with van der Waals surface area (Å²) in [5.74, 6) is -0.828. The highest BCUT2D eigenvalue weighted by Gasteiger charge is 2.19. The molecule has 2 aliphatic rings. The number of fused-ring (bicyclic) bond motifs is 2. The first kappa shape index (κ1) is 16.5. The van der Waals surface area contributed by atoms with Crippen molar-refractivity contribution in [2.24, 2.45) is 0 Å². The lowest BCUT2D eigenvalue weighted by Gasteiger charge is -2.17. The van der Waals surface area contributed by atoms with Gasteiger partial charge in [0.15, 0.2) is 12.4 Å². The lowest BCUT2D eigenvalue weighted by molar-refractivity contribution is -0.116. The molecule has 0 fully saturated rings. The molecule has 0 saturated carbocycles. The van der Waals surface area contributed by atoms with Crippen LogP contribution in [-0.4, -0.2) is 24.3 Å².